The Hall–Kier alpha value is -2.32. The summed E-state index contributed by atoms with van der Waals surface area (Å²) < 4.78 is 45.6. The van der Waals surface area contributed by atoms with E-state index >= 15 is 0 Å². The van der Waals surface area contributed by atoms with Crippen LogP contribution >= 0.6 is 0 Å². The molecule has 0 spiro atoms. The average molecular weight is 369 g/mol. The van der Waals surface area contributed by atoms with E-state index in [4.69, 9.17) is 4.74 Å². The highest BCUT2D eigenvalue weighted by molar-refractivity contribution is 5.55. The molecule has 1 aliphatic rings. The van der Waals surface area contributed by atoms with Crippen LogP contribution in [-0.2, 0) is 0 Å². The molecule has 1 fully saturated rings. The third kappa shape index (κ3) is 4.25. The zero-order valence-electron chi connectivity index (χ0n) is 14.8. The van der Waals surface area contributed by atoms with Crippen molar-refractivity contribution in [3.63, 3.8) is 0 Å². The van der Waals surface area contributed by atoms with Crippen LogP contribution in [0.25, 0.3) is 0 Å². The molecule has 1 saturated carbocycles. The molecule has 0 radical (unpaired) electrons. The number of ether oxygens (including phenoxy) is 1. The van der Waals surface area contributed by atoms with Crippen molar-refractivity contribution < 1.29 is 17.9 Å². The van der Waals surface area contributed by atoms with Crippen LogP contribution in [0.5, 0.6) is 5.88 Å². The standard InChI is InChI=1S/C17H22F3N5O/c1-10-3-5-12(6-4-10)9-26-15-13(18)7-21-17(24-15)23-14-8-22-25(11(14)2)16(19)20/h7-8,10,12,16H,3-6,9H2,1-2H3,(H,21,23,24)/t10-,12-. The second-order valence-electron chi connectivity index (χ2n) is 6.77. The van der Waals surface area contributed by atoms with Gasteiger partial charge in [0, 0.05) is 0 Å². The van der Waals surface area contributed by atoms with Gasteiger partial charge in [-0.05, 0) is 31.6 Å². The highest BCUT2D eigenvalue weighted by Crippen LogP contribution is 2.29. The first-order valence-corrected chi connectivity index (χ1v) is 8.68. The summed E-state index contributed by atoms with van der Waals surface area (Å²) in [6.07, 6.45) is 6.68. The van der Waals surface area contributed by atoms with Gasteiger partial charge in [0.1, 0.15) is 0 Å². The molecule has 0 aromatic carbocycles. The lowest BCUT2D eigenvalue weighted by atomic mass is 9.83. The fourth-order valence-corrected chi connectivity index (χ4v) is 3.07. The second-order valence-corrected chi connectivity index (χ2v) is 6.77. The number of anilines is 2. The molecule has 3 rings (SSSR count). The van der Waals surface area contributed by atoms with E-state index in [0.29, 0.717) is 22.9 Å². The smallest absolute Gasteiger partial charge is 0.333 e. The molecule has 26 heavy (non-hydrogen) atoms. The van der Waals surface area contributed by atoms with Gasteiger partial charge in [-0.3, -0.25) is 0 Å². The summed E-state index contributed by atoms with van der Waals surface area (Å²) in [7, 11) is 0. The van der Waals surface area contributed by atoms with E-state index in [1.807, 2.05) is 0 Å². The number of rotatable bonds is 6. The normalized spacial score (nSPS) is 20.4. The Morgan fingerprint density at radius 1 is 1.27 bits per heavy atom. The van der Waals surface area contributed by atoms with E-state index in [2.05, 4.69) is 27.3 Å². The maximum Gasteiger partial charge on any atom is 0.333 e. The molecular formula is C17H22F3N5O. The number of hydrogen-bond acceptors (Lipinski definition) is 5. The molecule has 0 bridgehead atoms. The van der Waals surface area contributed by atoms with E-state index in [-0.39, 0.29) is 17.5 Å². The minimum Gasteiger partial charge on any atom is -0.475 e. The molecule has 0 atom stereocenters. The maximum absolute atomic E-state index is 13.9. The van der Waals surface area contributed by atoms with E-state index in [1.54, 1.807) is 0 Å². The molecular weight excluding hydrogens is 347 g/mol. The van der Waals surface area contributed by atoms with Crippen LogP contribution in [0.1, 0.15) is 44.9 Å². The van der Waals surface area contributed by atoms with Crippen LogP contribution in [0.15, 0.2) is 12.4 Å². The lowest BCUT2D eigenvalue weighted by Crippen LogP contribution is -2.19. The number of hydrogen-bond donors (Lipinski definition) is 1. The Morgan fingerprint density at radius 3 is 2.65 bits per heavy atom. The lowest BCUT2D eigenvalue weighted by Gasteiger charge is -2.25. The second kappa shape index (κ2) is 7.92. The van der Waals surface area contributed by atoms with Gasteiger partial charge in [0.25, 0.3) is 5.88 Å². The van der Waals surface area contributed by atoms with E-state index < -0.39 is 12.4 Å². The van der Waals surface area contributed by atoms with Crippen molar-refractivity contribution >= 4 is 11.6 Å². The van der Waals surface area contributed by atoms with Crippen LogP contribution in [0.4, 0.5) is 24.8 Å². The molecule has 6 nitrogen and oxygen atoms in total. The van der Waals surface area contributed by atoms with Gasteiger partial charge >= 0.3 is 6.55 Å². The van der Waals surface area contributed by atoms with Crippen LogP contribution in [0.2, 0.25) is 0 Å². The van der Waals surface area contributed by atoms with Crippen LogP contribution in [-0.4, -0.2) is 26.4 Å². The fourth-order valence-electron chi connectivity index (χ4n) is 3.07. The van der Waals surface area contributed by atoms with Crippen molar-refractivity contribution in [2.75, 3.05) is 11.9 Å². The number of nitrogens with zero attached hydrogens (tertiary/aromatic N) is 4. The molecule has 1 aliphatic carbocycles. The Morgan fingerprint density at radius 2 is 2.00 bits per heavy atom. The van der Waals surface area contributed by atoms with Crippen molar-refractivity contribution in [3.05, 3.63) is 23.9 Å². The predicted octanol–water partition coefficient (Wildman–Crippen LogP) is 4.46. The van der Waals surface area contributed by atoms with E-state index in [0.717, 1.165) is 37.8 Å². The Labute approximate surface area is 149 Å². The van der Waals surface area contributed by atoms with Crippen LogP contribution in [0, 0.1) is 24.6 Å². The molecule has 0 aliphatic heterocycles. The Balaban J connectivity index is 1.66. The summed E-state index contributed by atoms with van der Waals surface area (Å²) in [5.74, 6) is 0.397. The van der Waals surface area contributed by atoms with Gasteiger partial charge < -0.3 is 10.1 Å². The number of nitrogens with one attached hydrogen (secondary N) is 1. The van der Waals surface area contributed by atoms with Gasteiger partial charge in [0.05, 0.1) is 30.4 Å². The Bertz CT molecular complexity index is 744. The Kier molecular flexibility index (Phi) is 5.63. The summed E-state index contributed by atoms with van der Waals surface area (Å²) >= 11 is 0. The molecule has 0 saturated heterocycles. The lowest BCUT2D eigenvalue weighted by molar-refractivity contribution is 0.0545. The number of halogens is 3. The first kappa shape index (κ1) is 18.5. The largest absolute Gasteiger partial charge is 0.475 e. The van der Waals surface area contributed by atoms with Crippen molar-refractivity contribution in [1.29, 1.82) is 0 Å². The third-order valence-corrected chi connectivity index (χ3v) is 4.78. The third-order valence-electron chi connectivity index (χ3n) is 4.78. The predicted molar refractivity (Wildman–Crippen MR) is 90.1 cm³/mol. The van der Waals surface area contributed by atoms with Gasteiger partial charge in [-0.1, -0.05) is 19.8 Å². The number of alkyl halides is 2. The number of aromatic nitrogens is 4. The fraction of sp³-hybridized carbons (Fsp3) is 0.588. The first-order chi connectivity index (χ1) is 12.4. The van der Waals surface area contributed by atoms with Gasteiger partial charge in [-0.15, -0.1) is 0 Å². The summed E-state index contributed by atoms with van der Waals surface area (Å²) in [5, 5.41) is 6.37. The highest BCUT2D eigenvalue weighted by Gasteiger charge is 2.20. The zero-order valence-corrected chi connectivity index (χ0v) is 14.8. The maximum atomic E-state index is 13.9. The quantitative estimate of drug-likeness (QED) is 0.814. The first-order valence-electron chi connectivity index (χ1n) is 8.68. The van der Waals surface area contributed by atoms with Gasteiger partial charge in [0.15, 0.2) is 0 Å². The summed E-state index contributed by atoms with van der Waals surface area (Å²) in [4.78, 5) is 7.85. The molecule has 2 aromatic rings. The van der Waals surface area contributed by atoms with Gasteiger partial charge in [-0.25, -0.2) is 9.67 Å². The molecule has 0 unspecified atom stereocenters. The molecule has 9 heteroatoms. The van der Waals surface area contributed by atoms with E-state index in [1.165, 1.54) is 13.1 Å². The van der Waals surface area contributed by atoms with Crippen molar-refractivity contribution in [2.45, 2.75) is 46.1 Å². The van der Waals surface area contributed by atoms with Crippen molar-refractivity contribution in [1.82, 2.24) is 19.7 Å². The summed E-state index contributed by atoms with van der Waals surface area (Å²) in [6.45, 7) is 1.39. The van der Waals surface area contributed by atoms with Crippen molar-refractivity contribution in [3.8, 4) is 5.88 Å². The molecule has 2 heterocycles. The van der Waals surface area contributed by atoms with Crippen molar-refractivity contribution in [2.24, 2.45) is 11.8 Å². The van der Waals surface area contributed by atoms with Gasteiger partial charge in [0.2, 0.25) is 11.8 Å². The highest BCUT2D eigenvalue weighted by atomic mass is 19.3. The van der Waals surface area contributed by atoms with E-state index in [9.17, 15) is 13.2 Å². The van der Waals surface area contributed by atoms with Crippen LogP contribution in [0.3, 0.4) is 0 Å². The molecule has 142 valence electrons. The topological polar surface area (TPSA) is 64.9 Å². The minimum absolute atomic E-state index is 0.0654. The van der Waals surface area contributed by atoms with Crippen LogP contribution < -0.4 is 10.1 Å². The molecule has 0 amide bonds. The zero-order chi connectivity index (χ0) is 18.7. The summed E-state index contributed by atoms with van der Waals surface area (Å²) in [5.41, 5.74) is 0.552. The van der Waals surface area contributed by atoms with Gasteiger partial charge in [-0.2, -0.15) is 23.3 Å². The summed E-state index contributed by atoms with van der Waals surface area (Å²) in [6, 6.07) is 0. The molecule has 2 aromatic heterocycles. The minimum atomic E-state index is -2.74. The molecule has 1 N–H and O–H groups in total. The SMILES string of the molecule is Cc1c(Nc2ncc(F)c(OC[C@H]3CC[C@H](C)CC3)n2)cnn1C(F)F. The average Bonchev–Trinajstić information content (AvgIpc) is 2.97. The monoisotopic (exact) mass is 369 g/mol.